The number of aryl methyl sites for hydroxylation is 2. The molecule has 7 rings (SSSR count). The van der Waals surface area contributed by atoms with Crippen molar-refractivity contribution in [3.8, 4) is 17.1 Å². The molecular weight excluding hydrogens is 555 g/mol. The summed E-state index contributed by atoms with van der Waals surface area (Å²) >= 11 is 0. The number of piperazine rings is 1. The number of benzene rings is 2. The second-order valence-corrected chi connectivity index (χ2v) is 12.5. The van der Waals surface area contributed by atoms with Gasteiger partial charge in [0.05, 0.1) is 11.4 Å². The van der Waals surface area contributed by atoms with Crippen molar-refractivity contribution in [2.75, 3.05) is 55.2 Å². The summed E-state index contributed by atoms with van der Waals surface area (Å²) in [4.78, 5) is 11.7. The third-order valence-corrected chi connectivity index (χ3v) is 9.48. The fraction of sp³-hybridized carbons (Fsp3) is 0.455. The molecule has 2 saturated heterocycles. The lowest BCUT2D eigenvalue weighted by Crippen LogP contribution is -2.54. The minimum atomic E-state index is -0.261. The van der Waals surface area contributed by atoms with E-state index >= 15 is 4.39 Å². The molecule has 0 radical (unpaired) electrons. The van der Waals surface area contributed by atoms with E-state index in [2.05, 4.69) is 72.3 Å². The van der Waals surface area contributed by atoms with E-state index in [-0.39, 0.29) is 17.7 Å². The van der Waals surface area contributed by atoms with Crippen LogP contribution < -0.4 is 16.0 Å². The minimum absolute atomic E-state index is 0.182. The molecule has 0 atom stereocenters. The Hall–Kier alpha value is -4.09. The topological polar surface area (TPSA) is 104 Å². The molecule has 4 heterocycles. The summed E-state index contributed by atoms with van der Waals surface area (Å²) in [6.07, 6.45) is 5.04. The van der Waals surface area contributed by atoms with E-state index in [4.69, 9.17) is 5.73 Å². The SMILES string of the molecule is CC(C)N1CCN(C2CCN(c3ccc(Nc4nc(N)n(-c5cc6c(nn5)-c5ccccc5CCC6)n4)cc3F)CC2)CC1. The Kier molecular flexibility index (Phi) is 7.90. The van der Waals surface area contributed by atoms with Gasteiger partial charge in [-0.25, -0.2) is 4.39 Å². The molecule has 3 N–H and O–H groups in total. The van der Waals surface area contributed by atoms with Gasteiger partial charge in [-0.05, 0) is 81.3 Å². The number of rotatable bonds is 6. The number of piperidine rings is 1. The van der Waals surface area contributed by atoms with Crippen molar-refractivity contribution >= 4 is 23.3 Å². The van der Waals surface area contributed by atoms with Crippen LogP contribution >= 0.6 is 0 Å². The fourth-order valence-electron chi connectivity index (χ4n) is 6.98. The van der Waals surface area contributed by atoms with Crippen molar-refractivity contribution in [1.82, 2.24) is 34.8 Å². The molecule has 0 spiro atoms. The largest absolute Gasteiger partial charge is 0.369 e. The van der Waals surface area contributed by atoms with Crippen LogP contribution in [0.25, 0.3) is 17.1 Å². The third kappa shape index (κ3) is 5.73. The number of hydrogen-bond donors (Lipinski definition) is 2. The number of nitrogens with two attached hydrogens (primary N) is 1. The lowest BCUT2D eigenvalue weighted by molar-refractivity contribution is 0.0692. The highest BCUT2D eigenvalue weighted by Crippen LogP contribution is 2.32. The molecule has 1 aliphatic carbocycles. The molecule has 0 amide bonds. The van der Waals surface area contributed by atoms with E-state index in [1.54, 1.807) is 0 Å². The van der Waals surface area contributed by atoms with Gasteiger partial charge in [-0.1, -0.05) is 24.3 Å². The van der Waals surface area contributed by atoms with E-state index < -0.39 is 0 Å². The molecule has 2 aromatic carbocycles. The third-order valence-electron chi connectivity index (χ3n) is 9.48. The highest BCUT2D eigenvalue weighted by Gasteiger charge is 2.29. The molecule has 44 heavy (non-hydrogen) atoms. The average molecular weight is 597 g/mol. The molecular formula is C33H41FN10. The summed E-state index contributed by atoms with van der Waals surface area (Å²) in [6, 6.07) is 16.7. The molecule has 11 heteroatoms. The van der Waals surface area contributed by atoms with Gasteiger partial charge in [-0.2, -0.15) is 9.67 Å². The zero-order valence-electron chi connectivity index (χ0n) is 25.6. The fourth-order valence-corrected chi connectivity index (χ4v) is 6.98. The summed E-state index contributed by atoms with van der Waals surface area (Å²) in [5.74, 6) is 0.702. The normalized spacial score (nSPS) is 18.2. The maximum absolute atomic E-state index is 15.4. The standard InChI is InChI=1S/C33H41FN10/c1-22(2)41-16-18-42(19-17-41)26-12-14-43(15-13-26)29-11-10-25(21-28(29)34)36-33-37-32(35)44(40-33)30-20-24-8-5-7-23-6-3-4-9-27(23)31(24)39-38-30/h3-4,6,9-11,20-22,26H,5,7-8,12-19H2,1-2H3,(H3,35,36,37,40). The van der Waals surface area contributed by atoms with E-state index in [0.29, 0.717) is 29.3 Å². The molecule has 0 saturated carbocycles. The van der Waals surface area contributed by atoms with Gasteiger partial charge in [-0.3, -0.25) is 9.80 Å². The van der Waals surface area contributed by atoms with Crippen LogP contribution in [0.5, 0.6) is 0 Å². The van der Waals surface area contributed by atoms with E-state index in [9.17, 15) is 0 Å². The van der Waals surface area contributed by atoms with Gasteiger partial charge in [0, 0.05) is 62.6 Å². The number of nitrogens with zero attached hydrogens (tertiary/aromatic N) is 8. The minimum Gasteiger partial charge on any atom is -0.369 e. The van der Waals surface area contributed by atoms with Crippen LogP contribution in [-0.2, 0) is 12.8 Å². The molecule has 2 aliphatic heterocycles. The van der Waals surface area contributed by atoms with Crippen molar-refractivity contribution in [2.45, 2.75) is 58.0 Å². The number of halogens is 1. The maximum atomic E-state index is 15.4. The molecule has 2 aromatic heterocycles. The lowest BCUT2D eigenvalue weighted by Gasteiger charge is -2.44. The predicted molar refractivity (Wildman–Crippen MR) is 172 cm³/mol. The van der Waals surface area contributed by atoms with E-state index in [1.165, 1.54) is 16.3 Å². The van der Waals surface area contributed by atoms with Crippen LogP contribution in [0.1, 0.15) is 44.2 Å². The average Bonchev–Trinajstić information content (AvgIpc) is 3.30. The summed E-state index contributed by atoms with van der Waals surface area (Å²) in [5.41, 5.74) is 11.9. The first-order chi connectivity index (χ1) is 21.4. The smallest absolute Gasteiger partial charge is 0.248 e. The van der Waals surface area contributed by atoms with Gasteiger partial charge in [-0.15, -0.1) is 15.3 Å². The molecule has 10 nitrogen and oxygen atoms in total. The summed E-state index contributed by atoms with van der Waals surface area (Å²) < 4.78 is 16.8. The highest BCUT2D eigenvalue weighted by atomic mass is 19.1. The van der Waals surface area contributed by atoms with Crippen molar-refractivity contribution in [1.29, 1.82) is 0 Å². The molecule has 2 fully saturated rings. The Morgan fingerprint density at radius 2 is 1.68 bits per heavy atom. The lowest BCUT2D eigenvalue weighted by atomic mass is 10.0. The van der Waals surface area contributed by atoms with Gasteiger partial charge in [0.15, 0.2) is 5.82 Å². The number of fused-ring (bicyclic) bond motifs is 3. The Labute approximate surface area is 258 Å². The zero-order valence-corrected chi connectivity index (χ0v) is 25.6. The van der Waals surface area contributed by atoms with E-state index in [0.717, 1.165) is 88.2 Å². The quantitative estimate of drug-likeness (QED) is 0.329. The highest BCUT2D eigenvalue weighted by molar-refractivity contribution is 5.68. The molecule has 0 unspecified atom stereocenters. The van der Waals surface area contributed by atoms with Gasteiger partial charge >= 0.3 is 0 Å². The van der Waals surface area contributed by atoms with Crippen molar-refractivity contribution in [2.24, 2.45) is 0 Å². The molecule has 4 aromatic rings. The van der Waals surface area contributed by atoms with Crippen LogP contribution in [0, 0.1) is 5.82 Å². The monoisotopic (exact) mass is 596 g/mol. The zero-order chi connectivity index (χ0) is 30.2. The number of aromatic nitrogens is 5. The van der Waals surface area contributed by atoms with Crippen molar-refractivity contribution in [3.63, 3.8) is 0 Å². The summed E-state index contributed by atoms with van der Waals surface area (Å²) in [7, 11) is 0. The van der Waals surface area contributed by atoms with Crippen LogP contribution in [0.4, 0.5) is 27.7 Å². The van der Waals surface area contributed by atoms with Gasteiger partial charge < -0.3 is 16.0 Å². The Morgan fingerprint density at radius 1 is 0.909 bits per heavy atom. The van der Waals surface area contributed by atoms with Crippen molar-refractivity contribution in [3.05, 3.63) is 65.5 Å². The van der Waals surface area contributed by atoms with Crippen LogP contribution in [0.2, 0.25) is 0 Å². The second-order valence-electron chi connectivity index (χ2n) is 12.5. The molecule has 230 valence electrons. The Balaban J connectivity index is 1.00. The van der Waals surface area contributed by atoms with Crippen LogP contribution in [0.15, 0.2) is 48.5 Å². The maximum Gasteiger partial charge on any atom is 0.248 e. The van der Waals surface area contributed by atoms with Crippen LogP contribution in [-0.4, -0.2) is 86.1 Å². The summed E-state index contributed by atoms with van der Waals surface area (Å²) in [5, 5.41) is 16.6. The Morgan fingerprint density at radius 3 is 2.45 bits per heavy atom. The first-order valence-electron chi connectivity index (χ1n) is 15.9. The predicted octanol–water partition coefficient (Wildman–Crippen LogP) is 4.67. The first-order valence-corrected chi connectivity index (χ1v) is 15.9. The first kappa shape index (κ1) is 28.7. The van der Waals surface area contributed by atoms with Gasteiger partial charge in [0.1, 0.15) is 5.82 Å². The Bertz CT molecular complexity index is 1620. The van der Waals surface area contributed by atoms with Crippen molar-refractivity contribution < 1.29 is 4.39 Å². The van der Waals surface area contributed by atoms with Gasteiger partial charge in [0.25, 0.3) is 0 Å². The molecule has 3 aliphatic rings. The number of hydrogen-bond acceptors (Lipinski definition) is 9. The second kappa shape index (κ2) is 12.1. The number of nitrogens with one attached hydrogen (secondary N) is 1. The number of anilines is 4. The summed E-state index contributed by atoms with van der Waals surface area (Å²) in [6.45, 7) is 10.8. The molecule has 0 bridgehead atoms. The van der Waals surface area contributed by atoms with E-state index in [1.807, 2.05) is 24.3 Å². The van der Waals surface area contributed by atoms with Crippen LogP contribution in [0.3, 0.4) is 0 Å². The van der Waals surface area contributed by atoms with Gasteiger partial charge in [0.2, 0.25) is 11.9 Å². The number of nitrogen functional groups attached to an aromatic ring is 1.